The maximum Gasteiger partial charge on any atom is 0.409 e. The summed E-state index contributed by atoms with van der Waals surface area (Å²) < 4.78 is 32.5. The van der Waals surface area contributed by atoms with E-state index >= 15 is 0 Å². The van der Waals surface area contributed by atoms with Crippen LogP contribution in [0.1, 0.15) is 50.5 Å². The molecule has 0 bridgehead atoms. The van der Waals surface area contributed by atoms with Gasteiger partial charge in [-0.1, -0.05) is 0 Å². The van der Waals surface area contributed by atoms with Crippen LogP contribution in [0.5, 0.6) is 0 Å². The van der Waals surface area contributed by atoms with E-state index in [1.54, 1.807) is 12.1 Å². The molecule has 6 nitrogen and oxygen atoms in total. The number of ether oxygens (including phenoxy) is 1. The van der Waals surface area contributed by atoms with E-state index in [1.165, 1.54) is 18.5 Å². The third-order valence-electron chi connectivity index (χ3n) is 7.59. The molecule has 0 aromatic carbocycles. The van der Waals surface area contributed by atoms with E-state index in [2.05, 4.69) is 14.9 Å². The summed E-state index contributed by atoms with van der Waals surface area (Å²) in [6, 6.07) is 5.07. The number of likely N-dealkylation sites (tertiary alicyclic amines) is 2. The molecule has 176 valence electrons. The van der Waals surface area contributed by atoms with E-state index in [0.717, 1.165) is 63.8 Å². The Morgan fingerprint density at radius 1 is 1.12 bits per heavy atom. The molecule has 3 aliphatic rings. The highest BCUT2D eigenvalue weighted by Gasteiger charge is 2.51. The minimum Gasteiger partial charge on any atom is -0.450 e. The molecular weight excluding hydrogens is 426 g/mol. The largest absolute Gasteiger partial charge is 0.450 e. The first kappa shape index (κ1) is 22.2. The minimum absolute atomic E-state index is 0.192. The maximum atomic E-state index is 14.1. The van der Waals surface area contributed by atoms with Crippen LogP contribution < -0.4 is 0 Å². The van der Waals surface area contributed by atoms with Gasteiger partial charge in [0.15, 0.2) is 0 Å². The van der Waals surface area contributed by atoms with E-state index in [-0.39, 0.29) is 23.2 Å². The molecule has 2 saturated heterocycles. The summed E-state index contributed by atoms with van der Waals surface area (Å²) in [6.45, 7) is 5.78. The zero-order valence-corrected chi connectivity index (χ0v) is 19.0. The Hall–Kier alpha value is -2.61. The molecule has 2 aromatic rings. The first-order chi connectivity index (χ1) is 16.0. The number of rotatable bonds is 4. The number of pyridine rings is 2. The number of piperidine rings is 1. The van der Waals surface area contributed by atoms with Gasteiger partial charge in [-0.25, -0.2) is 13.6 Å². The second-order valence-electron chi connectivity index (χ2n) is 9.71. The second-order valence-corrected chi connectivity index (χ2v) is 9.71. The Kier molecular flexibility index (Phi) is 6.03. The Labute approximate surface area is 193 Å². The number of hydrogen-bond donors (Lipinski definition) is 0. The van der Waals surface area contributed by atoms with Crippen molar-refractivity contribution >= 4 is 6.09 Å². The van der Waals surface area contributed by atoms with E-state index in [1.807, 2.05) is 11.8 Å². The number of halogens is 2. The van der Waals surface area contributed by atoms with Gasteiger partial charge in [0, 0.05) is 24.5 Å². The predicted molar refractivity (Wildman–Crippen MR) is 120 cm³/mol. The van der Waals surface area contributed by atoms with Crippen molar-refractivity contribution in [3.8, 4) is 11.4 Å². The molecule has 1 aliphatic carbocycles. The number of amides is 1. The molecule has 0 radical (unpaired) electrons. The first-order valence-corrected chi connectivity index (χ1v) is 11.9. The normalized spacial score (nSPS) is 23.0. The van der Waals surface area contributed by atoms with Crippen LogP contribution in [-0.2, 0) is 4.74 Å². The van der Waals surface area contributed by atoms with Gasteiger partial charge in [-0.15, -0.1) is 0 Å². The van der Waals surface area contributed by atoms with Crippen LogP contribution in [0.3, 0.4) is 0 Å². The van der Waals surface area contributed by atoms with Gasteiger partial charge in [-0.3, -0.25) is 9.97 Å². The van der Waals surface area contributed by atoms with Gasteiger partial charge in [0.1, 0.15) is 11.6 Å². The van der Waals surface area contributed by atoms with Gasteiger partial charge < -0.3 is 14.5 Å². The lowest BCUT2D eigenvalue weighted by atomic mass is 9.78. The van der Waals surface area contributed by atoms with E-state index in [4.69, 9.17) is 4.74 Å². The molecule has 3 fully saturated rings. The van der Waals surface area contributed by atoms with Crippen LogP contribution >= 0.6 is 0 Å². The van der Waals surface area contributed by atoms with Crippen molar-refractivity contribution in [1.29, 1.82) is 0 Å². The van der Waals surface area contributed by atoms with Crippen molar-refractivity contribution in [2.24, 2.45) is 5.41 Å². The highest BCUT2D eigenvalue weighted by atomic mass is 19.1. The van der Waals surface area contributed by atoms with Crippen molar-refractivity contribution in [3.05, 3.63) is 47.8 Å². The highest BCUT2D eigenvalue weighted by Crippen LogP contribution is 2.48. The summed E-state index contributed by atoms with van der Waals surface area (Å²) >= 11 is 0. The molecule has 1 unspecified atom stereocenters. The molecule has 1 atom stereocenters. The van der Waals surface area contributed by atoms with Crippen LogP contribution in [0.2, 0.25) is 0 Å². The van der Waals surface area contributed by atoms with Gasteiger partial charge in [-0.2, -0.15) is 0 Å². The molecule has 8 heteroatoms. The Morgan fingerprint density at radius 2 is 1.88 bits per heavy atom. The Bertz CT molecular complexity index is 1000. The zero-order valence-electron chi connectivity index (χ0n) is 19.0. The fourth-order valence-corrected chi connectivity index (χ4v) is 5.95. The van der Waals surface area contributed by atoms with Crippen molar-refractivity contribution in [2.75, 3.05) is 32.8 Å². The van der Waals surface area contributed by atoms with Crippen LogP contribution in [-0.4, -0.2) is 64.7 Å². The van der Waals surface area contributed by atoms with Crippen LogP contribution in [0.15, 0.2) is 30.6 Å². The summed E-state index contributed by atoms with van der Waals surface area (Å²) in [7, 11) is 0. The lowest BCUT2D eigenvalue weighted by Crippen LogP contribution is -2.58. The number of nitrogens with zero attached hydrogens (tertiary/aromatic N) is 4. The Balaban J connectivity index is 1.21. The van der Waals surface area contributed by atoms with Crippen molar-refractivity contribution in [2.45, 2.75) is 51.0 Å². The summed E-state index contributed by atoms with van der Waals surface area (Å²) in [5, 5.41) is 0. The summed E-state index contributed by atoms with van der Waals surface area (Å²) in [5.41, 5.74) is 2.33. The van der Waals surface area contributed by atoms with Crippen LogP contribution in [0.25, 0.3) is 11.4 Å². The zero-order chi connectivity index (χ0) is 23.0. The summed E-state index contributed by atoms with van der Waals surface area (Å²) in [4.78, 5) is 24.8. The third-order valence-corrected chi connectivity index (χ3v) is 7.59. The average Bonchev–Trinajstić information content (AvgIpc) is 3.25. The Morgan fingerprint density at radius 3 is 2.58 bits per heavy atom. The van der Waals surface area contributed by atoms with Gasteiger partial charge in [0.2, 0.25) is 0 Å². The monoisotopic (exact) mass is 456 g/mol. The van der Waals surface area contributed by atoms with Gasteiger partial charge in [0.05, 0.1) is 30.4 Å². The second kappa shape index (κ2) is 8.97. The lowest BCUT2D eigenvalue weighted by molar-refractivity contribution is -0.00360. The number of aromatic nitrogens is 2. The number of carbonyl (C=O) groups excluding carboxylic acids is 1. The van der Waals surface area contributed by atoms with Crippen LogP contribution in [0, 0.1) is 17.0 Å². The smallest absolute Gasteiger partial charge is 0.409 e. The first-order valence-electron chi connectivity index (χ1n) is 11.9. The van der Waals surface area contributed by atoms with Crippen molar-refractivity contribution in [1.82, 2.24) is 19.8 Å². The average molecular weight is 457 g/mol. The lowest BCUT2D eigenvalue weighted by Gasteiger charge is -2.48. The molecule has 4 heterocycles. The molecule has 5 rings (SSSR count). The topological polar surface area (TPSA) is 58.6 Å². The van der Waals surface area contributed by atoms with Crippen molar-refractivity contribution < 1.29 is 18.3 Å². The summed E-state index contributed by atoms with van der Waals surface area (Å²) in [5.74, 6) is -0.557. The highest BCUT2D eigenvalue weighted by molar-refractivity contribution is 5.69. The molecule has 1 spiro atoms. The van der Waals surface area contributed by atoms with E-state index in [9.17, 15) is 13.6 Å². The summed E-state index contributed by atoms with van der Waals surface area (Å²) in [6.07, 6.45) is 7.48. The van der Waals surface area contributed by atoms with Gasteiger partial charge in [0.25, 0.3) is 0 Å². The molecule has 1 amide bonds. The number of carbonyl (C=O) groups is 1. The predicted octanol–water partition coefficient (Wildman–Crippen LogP) is 4.61. The van der Waals surface area contributed by atoms with Crippen molar-refractivity contribution in [3.63, 3.8) is 0 Å². The fraction of sp³-hybridized carbons (Fsp3) is 0.560. The van der Waals surface area contributed by atoms with Gasteiger partial charge in [-0.05, 0) is 81.8 Å². The molecule has 0 N–H and O–H groups in total. The fourth-order valence-electron chi connectivity index (χ4n) is 5.95. The van der Waals surface area contributed by atoms with E-state index in [0.29, 0.717) is 24.0 Å². The molecule has 2 aliphatic heterocycles. The maximum absolute atomic E-state index is 14.1. The SMILES string of the molecule is CCOC(=O)N1CC2(CCC(N3CCC(c4cc(F)cnc4-c4ccc(F)cn4)CC3)C2)C1. The molecule has 2 aromatic heterocycles. The standard InChI is InChI=1S/C25H30F2N4O2/c1-2-33-24(32)31-15-25(16-31)8-5-20(12-25)30-9-6-17(7-10-30)21-11-19(27)14-29-23(21)22-4-3-18(26)13-28-22/h3-4,11,13-14,17,20H,2,5-10,12,15-16H2,1H3. The molecule has 1 saturated carbocycles. The molecule has 33 heavy (non-hydrogen) atoms. The minimum atomic E-state index is -0.401. The third kappa shape index (κ3) is 4.45. The quantitative estimate of drug-likeness (QED) is 0.672. The van der Waals surface area contributed by atoms with Crippen LogP contribution in [0.4, 0.5) is 13.6 Å². The van der Waals surface area contributed by atoms with E-state index < -0.39 is 5.82 Å². The number of hydrogen-bond acceptors (Lipinski definition) is 5. The molecular formula is C25H30F2N4O2. The van der Waals surface area contributed by atoms with Gasteiger partial charge >= 0.3 is 6.09 Å².